The zero-order valence-corrected chi connectivity index (χ0v) is 27.0. The van der Waals surface area contributed by atoms with E-state index in [2.05, 4.69) is 10.5 Å². The molecule has 0 bridgehead atoms. The Labute approximate surface area is 276 Å². The van der Waals surface area contributed by atoms with Crippen LogP contribution in [0.4, 0.5) is 18.4 Å². The number of alkyl carbamates (subject to hydrolysis) is 1. The lowest BCUT2D eigenvalue weighted by atomic mass is 9.74. The molecule has 0 spiro atoms. The first kappa shape index (κ1) is 33.9. The minimum atomic E-state index is -1.78. The zero-order chi connectivity index (χ0) is 33.8. The number of aromatic nitrogens is 1. The summed E-state index contributed by atoms with van der Waals surface area (Å²) in [6, 6.07) is 19.8. The van der Waals surface area contributed by atoms with E-state index >= 15 is 0 Å². The van der Waals surface area contributed by atoms with E-state index in [0.717, 1.165) is 23.3 Å². The van der Waals surface area contributed by atoms with Crippen LogP contribution in [0.25, 0.3) is 11.3 Å². The second-order valence-electron chi connectivity index (χ2n) is 12.4. The number of rotatable bonds is 8. The van der Waals surface area contributed by atoms with Crippen LogP contribution in [0.1, 0.15) is 55.5 Å². The predicted molar refractivity (Wildman–Crippen MR) is 171 cm³/mol. The standard InChI is InChI=1S/C35H36ClF2N3O6/c1-34(2,3)46-33(43)41-18-16-35(44,24-13-14-27(37)28(38)19-24)26(20-41)30-29(36)31(47-40-30)25-12-8-7-11-23(25)15-17-39-32(42)45-21-22-9-5-4-6-10-22/h4-14,19,26,44H,15-18,20-21H2,1-3H3,(H,39,42)/t26-,35+/m1/s1. The number of ether oxygens (including phenoxy) is 2. The van der Waals surface area contributed by atoms with Crippen LogP contribution in [-0.2, 0) is 28.1 Å². The van der Waals surface area contributed by atoms with Crippen LogP contribution in [0.2, 0.25) is 5.02 Å². The predicted octanol–water partition coefficient (Wildman–Crippen LogP) is 7.35. The Morgan fingerprint density at radius 2 is 1.81 bits per heavy atom. The number of carbonyl (C=O) groups excluding carboxylic acids is 2. The zero-order valence-electron chi connectivity index (χ0n) is 26.3. The van der Waals surface area contributed by atoms with Gasteiger partial charge in [-0.25, -0.2) is 18.4 Å². The maximum absolute atomic E-state index is 14.4. The number of hydrogen-bond donors (Lipinski definition) is 2. The van der Waals surface area contributed by atoms with E-state index in [1.165, 1.54) is 11.0 Å². The third-order valence-corrected chi connectivity index (χ3v) is 8.31. The van der Waals surface area contributed by atoms with Gasteiger partial charge < -0.3 is 29.3 Å². The molecule has 2 atom stereocenters. The van der Waals surface area contributed by atoms with Crippen LogP contribution < -0.4 is 5.32 Å². The largest absolute Gasteiger partial charge is 0.445 e. The summed E-state index contributed by atoms with van der Waals surface area (Å²) in [6.45, 7) is 5.61. The second kappa shape index (κ2) is 14.1. The van der Waals surface area contributed by atoms with Crippen molar-refractivity contribution >= 4 is 23.8 Å². The third kappa shape index (κ3) is 7.91. The smallest absolute Gasteiger partial charge is 0.410 e. The van der Waals surface area contributed by atoms with E-state index in [0.29, 0.717) is 12.0 Å². The first-order valence-corrected chi connectivity index (χ1v) is 15.6. The van der Waals surface area contributed by atoms with Crippen LogP contribution in [0.3, 0.4) is 0 Å². The first-order chi connectivity index (χ1) is 22.4. The third-order valence-electron chi connectivity index (χ3n) is 7.94. The van der Waals surface area contributed by atoms with Crippen molar-refractivity contribution in [2.45, 2.75) is 57.3 Å². The Morgan fingerprint density at radius 1 is 1.09 bits per heavy atom. The molecule has 0 radical (unpaired) electrons. The van der Waals surface area contributed by atoms with Crippen LogP contribution in [-0.4, -0.2) is 52.6 Å². The highest BCUT2D eigenvalue weighted by atomic mass is 35.5. The number of aliphatic hydroxyl groups is 1. The number of carbonyl (C=O) groups is 2. The number of benzene rings is 3. The fraction of sp³-hybridized carbons (Fsp3) is 0.343. The Bertz CT molecular complexity index is 1730. The second-order valence-corrected chi connectivity index (χ2v) is 12.8. The molecule has 248 valence electrons. The highest BCUT2D eigenvalue weighted by molar-refractivity contribution is 6.33. The van der Waals surface area contributed by atoms with Gasteiger partial charge in [-0.1, -0.05) is 77.4 Å². The van der Waals surface area contributed by atoms with Gasteiger partial charge in [0.2, 0.25) is 0 Å². The van der Waals surface area contributed by atoms with E-state index in [1.54, 1.807) is 32.9 Å². The normalized spacial score (nSPS) is 18.1. The molecule has 1 saturated heterocycles. The molecule has 0 saturated carbocycles. The molecule has 5 rings (SSSR count). The molecule has 2 N–H and O–H groups in total. The van der Waals surface area contributed by atoms with Crippen molar-refractivity contribution < 1.29 is 37.5 Å². The van der Waals surface area contributed by atoms with E-state index in [9.17, 15) is 23.5 Å². The van der Waals surface area contributed by atoms with Crippen molar-refractivity contribution in [2.75, 3.05) is 19.6 Å². The Hall–Kier alpha value is -4.48. The summed E-state index contributed by atoms with van der Waals surface area (Å²) in [6.07, 6.45) is -0.801. The van der Waals surface area contributed by atoms with Crippen LogP contribution in [0.5, 0.6) is 0 Å². The van der Waals surface area contributed by atoms with Gasteiger partial charge in [0.15, 0.2) is 17.4 Å². The van der Waals surface area contributed by atoms with Gasteiger partial charge in [-0.15, -0.1) is 0 Å². The lowest BCUT2D eigenvalue weighted by molar-refractivity contribution is -0.0545. The minimum absolute atomic E-state index is 0.0386. The van der Waals surface area contributed by atoms with Crippen molar-refractivity contribution in [3.63, 3.8) is 0 Å². The summed E-state index contributed by atoms with van der Waals surface area (Å²) >= 11 is 6.93. The van der Waals surface area contributed by atoms with Crippen LogP contribution >= 0.6 is 11.6 Å². The number of amides is 2. The minimum Gasteiger partial charge on any atom is -0.445 e. The molecule has 0 aliphatic carbocycles. The van der Waals surface area contributed by atoms with Gasteiger partial charge in [0.25, 0.3) is 0 Å². The first-order valence-electron chi connectivity index (χ1n) is 15.2. The summed E-state index contributed by atoms with van der Waals surface area (Å²) in [5.41, 5.74) is -0.0456. The average Bonchev–Trinajstić information content (AvgIpc) is 3.41. The molecule has 1 aliphatic rings. The van der Waals surface area contributed by atoms with Crippen molar-refractivity contribution in [2.24, 2.45) is 0 Å². The highest BCUT2D eigenvalue weighted by Gasteiger charge is 2.48. The summed E-state index contributed by atoms with van der Waals surface area (Å²) in [5, 5.41) is 19.2. The van der Waals surface area contributed by atoms with E-state index in [-0.39, 0.29) is 54.7 Å². The number of nitrogens with zero attached hydrogens (tertiary/aromatic N) is 2. The number of halogens is 3. The van der Waals surface area contributed by atoms with E-state index in [4.69, 9.17) is 25.6 Å². The molecule has 1 aliphatic heterocycles. The molecular weight excluding hydrogens is 632 g/mol. The number of hydrogen-bond acceptors (Lipinski definition) is 7. The van der Waals surface area contributed by atoms with Crippen molar-refractivity contribution in [1.29, 1.82) is 0 Å². The fourth-order valence-corrected chi connectivity index (χ4v) is 5.87. The number of likely N-dealkylation sites (tertiary alicyclic amines) is 1. The molecule has 0 unspecified atom stereocenters. The van der Waals surface area contributed by atoms with Crippen LogP contribution in [0, 0.1) is 11.6 Å². The summed E-state index contributed by atoms with van der Waals surface area (Å²) in [5.74, 6) is -2.96. The molecule has 4 aromatic rings. The molecule has 9 nitrogen and oxygen atoms in total. The SMILES string of the molecule is CC(C)(C)OC(=O)N1CC[C@](O)(c2ccc(F)c(F)c2)[C@@H](c2noc(-c3ccccc3CCNC(=O)OCc3ccccc3)c2Cl)C1. The molecular formula is C35H36ClF2N3O6. The molecule has 1 fully saturated rings. The maximum Gasteiger partial charge on any atom is 0.410 e. The maximum atomic E-state index is 14.4. The Balaban J connectivity index is 1.39. The average molecular weight is 668 g/mol. The Kier molecular flexibility index (Phi) is 10.2. The van der Waals surface area contributed by atoms with Gasteiger partial charge >= 0.3 is 12.2 Å². The highest BCUT2D eigenvalue weighted by Crippen LogP contribution is 2.47. The lowest BCUT2D eigenvalue weighted by Gasteiger charge is -2.44. The molecule has 1 aromatic heterocycles. The number of nitrogens with one attached hydrogen (secondary N) is 1. The lowest BCUT2D eigenvalue weighted by Crippen LogP contribution is -2.51. The van der Waals surface area contributed by atoms with Gasteiger partial charge in [-0.3, -0.25) is 0 Å². The summed E-state index contributed by atoms with van der Waals surface area (Å²) in [4.78, 5) is 26.7. The Morgan fingerprint density at radius 3 is 2.53 bits per heavy atom. The van der Waals surface area contributed by atoms with Gasteiger partial charge in [-0.2, -0.15) is 0 Å². The van der Waals surface area contributed by atoms with E-state index in [1.807, 2.05) is 42.5 Å². The van der Waals surface area contributed by atoms with Gasteiger partial charge in [-0.05, 0) is 62.4 Å². The van der Waals surface area contributed by atoms with Crippen LogP contribution in [0.15, 0.2) is 77.3 Å². The molecule has 47 heavy (non-hydrogen) atoms. The van der Waals surface area contributed by atoms with Gasteiger partial charge in [0.1, 0.15) is 28.5 Å². The number of piperidine rings is 1. The summed E-state index contributed by atoms with van der Waals surface area (Å²) < 4.78 is 44.9. The van der Waals surface area contributed by atoms with Crippen molar-refractivity contribution in [3.05, 3.63) is 112 Å². The van der Waals surface area contributed by atoms with Crippen molar-refractivity contribution in [3.8, 4) is 11.3 Å². The van der Waals surface area contributed by atoms with Gasteiger partial charge in [0.05, 0.1) is 5.92 Å². The van der Waals surface area contributed by atoms with Crippen molar-refractivity contribution in [1.82, 2.24) is 15.4 Å². The van der Waals surface area contributed by atoms with E-state index < -0.39 is 40.9 Å². The molecule has 2 amide bonds. The quantitative estimate of drug-likeness (QED) is 0.202. The fourth-order valence-electron chi connectivity index (χ4n) is 5.57. The molecule has 2 heterocycles. The molecule has 12 heteroatoms. The summed E-state index contributed by atoms with van der Waals surface area (Å²) in [7, 11) is 0. The molecule has 3 aromatic carbocycles. The topological polar surface area (TPSA) is 114 Å². The monoisotopic (exact) mass is 667 g/mol. The van der Waals surface area contributed by atoms with Gasteiger partial charge in [0, 0.05) is 25.2 Å².